The molecule has 0 fully saturated rings. The van der Waals surface area contributed by atoms with E-state index in [2.05, 4.69) is 5.32 Å². The average Bonchev–Trinajstić information content (AvgIpc) is 2.74. The molecule has 0 aliphatic rings. The highest BCUT2D eigenvalue weighted by atomic mass is 31.2. The van der Waals surface area contributed by atoms with Crippen LogP contribution in [-0.4, -0.2) is 61.6 Å². The summed E-state index contributed by atoms with van der Waals surface area (Å²) in [6.07, 6.45) is -0.383. The minimum absolute atomic E-state index is 0.00258. The minimum Gasteiger partial charge on any atom is -0.508 e. The first-order valence-corrected chi connectivity index (χ1v) is 12.4. The van der Waals surface area contributed by atoms with Gasteiger partial charge in [0.05, 0.1) is 6.04 Å². The Balaban J connectivity index is 2.62. The summed E-state index contributed by atoms with van der Waals surface area (Å²) in [4.78, 5) is 47.8. The van der Waals surface area contributed by atoms with Gasteiger partial charge in [0.1, 0.15) is 23.3 Å². The second kappa shape index (κ2) is 11.5. The van der Waals surface area contributed by atoms with E-state index in [1.807, 2.05) is 0 Å². The van der Waals surface area contributed by atoms with Gasteiger partial charge in [-0.05, 0) is 48.4 Å². The molecule has 0 heterocycles. The molecule has 11 heteroatoms. The quantitative estimate of drug-likeness (QED) is 0.254. The van der Waals surface area contributed by atoms with Gasteiger partial charge in [-0.25, -0.2) is 0 Å². The molecular formula is C23H32N3O7P. The molecule has 2 amide bonds. The topological polar surface area (TPSA) is 173 Å². The fourth-order valence-electron chi connectivity index (χ4n) is 3.82. The lowest BCUT2D eigenvalue weighted by atomic mass is 9.98. The van der Waals surface area contributed by atoms with Crippen LogP contribution in [-0.2, 0) is 27.0 Å². The molecule has 2 aromatic carbocycles. The molecule has 2 rings (SSSR count). The smallest absolute Gasteiger partial charge is 0.348 e. The van der Waals surface area contributed by atoms with Crippen molar-refractivity contribution >= 4 is 19.4 Å². The summed E-state index contributed by atoms with van der Waals surface area (Å²) in [6, 6.07) is 9.38. The molecule has 0 aromatic heterocycles. The van der Waals surface area contributed by atoms with Crippen LogP contribution in [0.1, 0.15) is 25.0 Å². The monoisotopic (exact) mass is 493 g/mol. The molecule has 1 unspecified atom stereocenters. The highest BCUT2D eigenvalue weighted by molar-refractivity contribution is 7.52. The summed E-state index contributed by atoms with van der Waals surface area (Å²) in [5.41, 5.74) is 6.66. The molecule has 0 saturated heterocycles. The average molecular weight is 493 g/mol. The number of rotatable bonds is 11. The molecule has 0 spiro atoms. The van der Waals surface area contributed by atoms with E-state index in [0.717, 1.165) is 4.90 Å². The van der Waals surface area contributed by atoms with Gasteiger partial charge in [0, 0.05) is 12.8 Å². The molecule has 3 atom stereocenters. The van der Waals surface area contributed by atoms with Gasteiger partial charge < -0.3 is 36.0 Å². The lowest BCUT2D eigenvalue weighted by Gasteiger charge is -2.39. The largest absolute Gasteiger partial charge is 0.508 e. The number of amides is 2. The fourth-order valence-corrected chi connectivity index (χ4v) is 4.87. The molecule has 186 valence electrons. The maximum absolute atomic E-state index is 13.7. The maximum atomic E-state index is 13.7. The molecular weight excluding hydrogens is 461 g/mol. The number of nitrogens with one attached hydrogen (secondary N) is 1. The zero-order chi connectivity index (χ0) is 25.6. The second-order valence-corrected chi connectivity index (χ2v) is 10.3. The Bertz CT molecular complexity index is 1020. The van der Waals surface area contributed by atoms with Crippen LogP contribution < -0.4 is 11.1 Å². The van der Waals surface area contributed by atoms with Crippen molar-refractivity contribution in [1.82, 2.24) is 10.2 Å². The van der Waals surface area contributed by atoms with Gasteiger partial charge in [-0.3, -0.25) is 14.2 Å². The number of phenols is 2. The number of carbonyl (C=O) groups is 2. The third-order valence-electron chi connectivity index (χ3n) is 5.59. The number of carbonyl (C=O) groups excluding carboxylic acids is 2. The first-order valence-electron chi connectivity index (χ1n) is 10.7. The third kappa shape index (κ3) is 7.04. The molecule has 0 saturated carbocycles. The van der Waals surface area contributed by atoms with E-state index in [4.69, 9.17) is 5.73 Å². The van der Waals surface area contributed by atoms with E-state index in [1.165, 1.54) is 36.4 Å². The van der Waals surface area contributed by atoms with Crippen molar-refractivity contribution in [1.29, 1.82) is 0 Å². The number of benzene rings is 2. The van der Waals surface area contributed by atoms with Crippen LogP contribution >= 0.6 is 7.60 Å². The van der Waals surface area contributed by atoms with E-state index in [0.29, 0.717) is 11.1 Å². The lowest BCUT2D eigenvalue weighted by Crippen LogP contribution is -2.59. The normalized spacial score (nSPS) is 14.4. The Kier molecular flexibility index (Phi) is 9.23. The number of hydrogen-bond donors (Lipinski definition) is 6. The van der Waals surface area contributed by atoms with Crippen LogP contribution in [0.3, 0.4) is 0 Å². The van der Waals surface area contributed by atoms with E-state index in [-0.39, 0.29) is 30.3 Å². The van der Waals surface area contributed by atoms with Crippen LogP contribution in [0.15, 0.2) is 48.5 Å². The highest BCUT2D eigenvalue weighted by Crippen LogP contribution is 2.46. The molecule has 0 aliphatic carbocycles. The first kappa shape index (κ1) is 27.3. The summed E-state index contributed by atoms with van der Waals surface area (Å²) in [5.74, 6) is -3.57. The predicted octanol–water partition coefficient (Wildman–Crippen LogP) is 1.31. The predicted molar refractivity (Wildman–Crippen MR) is 127 cm³/mol. The number of likely N-dealkylation sites (N-methyl/N-ethyl adjacent to an activating group) is 1. The standard InChI is InChI=1S/C23H32N3O7P/c1-14(2)21(25-3)23(30)26(19(22(24)29)12-15-4-8-17(27)9-5-15)20(34(31,32)33)13-16-6-10-18(28)11-7-16/h4-11,14,19-21,25,27-28H,12-13H2,1-3H3,(H2,24,29)(H2,31,32,33)/t19-,20?,21-/m0/s1. The van der Waals surface area contributed by atoms with E-state index in [9.17, 15) is 34.2 Å². The first-order chi connectivity index (χ1) is 15.8. The summed E-state index contributed by atoms with van der Waals surface area (Å²) < 4.78 is 12.7. The van der Waals surface area contributed by atoms with Crippen LogP contribution in [0.25, 0.3) is 0 Å². The Morgan fingerprint density at radius 3 is 1.74 bits per heavy atom. The van der Waals surface area contributed by atoms with Crippen LogP contribution in [0, 0.1) is 5.92 Å². The van der Waals surface area contributed by atoms with Gasteiger partial charge in [-0.1, -0.05) is 38.1 Å². The number of primary amides is 1. The van der Waals surface area contributed by atoms with Gasteiger partial charge in [-0.2, -0.15) is 0 Å². The van der Waals surface area contributed by atoms with Crippen LogP contribution in [0.4, 0.5) is 0 Å². The zero-order valence-corrected chi connectivity index (χ0v) is 20.2. The fraction of sp³-hybridized carbons (Fsp3) is 0.391. The highest BCUT2D eigenvalue weighted by Gasteiger charge is 2.45. The van der Waals surface area contributed by atoms with Gasteiger partial charge in [0.2, 0.25) is 11.8 Å². The van der Waals surface area contributed by atoms with E-state index in [1.54, 1.807) is 33.0 Å². The van der Waals surface area contributed by atoms with Crippen molar-refractivity contribution in [3.8, 4) is 11.5 Å². The van der Waals surface area contributed by atoms with Crippen molar-refractivity contribution in [2.45, 2.75) is 44.6 Å². The maximum Gasteiger partial charge on any atom is 0.348 e. The Labute approximate surface area is 198 Å². The minimum atomic E-state index is -4.98. The molecule has 34 heavy (non-hydrogen) atoms. The third-order valence-corrected chi connectivity index (χ3v) is 6.80. The van der Waals surface area contributed by atoms with E-state index < -0.39 is 37.3 Å². The summed E-state index contributed by atoms with van der Waals surface area (Å²) in [6.45, 7) is 3.53. The summed E-state index contributed by atoms with van der Waals surface area (Å²) in [7, 11) is -3.43. The van der Waals surface area contributed by atoms with Crippen molar-refractivity contribution in [2.24, 2.45) is 11.7 Å². The summed E-state index contributed by atoms with van der Waals surface area (Å²) in [5, 5.41) is 22.0. The SMILES string of the molecule is CN[C@H](C(=O)N(C(Cc1ccc(O)cc1)P(=O)(O)O)[C@@H](Cc1ccc(O)cc1)C(N)=O)C(C)C. The molecule has 0 radical (unpaired) electrons. The van der Waals surface area contributed by atoms with Crippen LogP contribution in [0.2, 0.25) is 0 Å². The molecule has 10 nitrogen and oxygen atoms in total. The summed E-state index contributed by atoms with van der Waals surface area (Å²) >= 11 is 0. The Hall–Kier alpha value is -2.91. The number of nitrogens with two attached hydrogens (primary N) is 1. The number of nitrogens with zero attached hydrogens (tertiary/aromatic N) is 1. The van der Waals surface area contributed by atoms with Crippen molar-refractivity contribution in [3.63, 3.8) is 0 Å². The van der Waals surface area contributed by atoms with Gasteiger partial charge >= 0.3 is 7.60 Å². The van der Waals surface area contributed by atoms with Crippen molar-refractivity contribution in [2.75, 3.05) is 7.05 Å². The van der Waals surface area contributed by atoms with Gasteiger partial charge in [-0.15, -0.1) is 0 Å². The second-order valence-electron chi connectivity index (χ2n) is 8.48. The lowest BCUT2D eigenvalue weighted by molar-refractivity contribution is -0.143. The number of phenolic OH excluding ortho intramolecular Hbond substituents is 2. The Morgan fingerprint density at radius 2 is 1.38 bits per heavy atom. The van der Waals surface area contributed by atoms with Gasteiger partial charge in [0.15, 0.2) is 0 Å². The molecule has 2 aromatic rings. The molecule has 7 N–H and O–H groups in total. The number of hydrogen-bond acceptors (Lipinski definition) is 6. The van der Waals surface area contributed by atoms with Crippen molar-refractivity contribution in [3.05, 3.63) is 59.7 Å². The van der Waals surface area contributed by atoms with E-state index >= 15 is 0 Å². The van der Waals surface area contributed by atoms with Crippen molar-refractivity contribution < 1.29 is 34.2 Å². The number of aromatic hydroxyl groups is 2. The van der Waals surface area contributed by atoms with Crippen LogP contribution in [0.5, 0.6) is 11.5 Å². The zero-order valence-electron chi connectivity index (χ0n) is 19.3. The Morgan fingerprint density at radius 1 is 0.941 bits per heavy atom. The van der Waals surface area contributed by atoms with Gasteiger partial charge in [0.25, 0.3) is 0 Å². The molecule has 0 aliphatic heterocycles. The molecule has 0 bridgehead atoms.